The Kier molecular flexibility index (Phi) is 4.65. The van der Waals surface area contributed by atoms with Crippen LogP contribution in [0.15, 0.2) is 0 Å². The normalized spacial score (nSPS) is 17.3. The number of halogens is 1. The predicted octanol–water partition coefficient (Wildman–Crippen LogP) is 1.13. The summed E-state index contributed by atoms with van der Waals surface area (Å²) in [4.78, 5) is 10.9. The van der Waals surface area contributed by atoms with Gasteiger partial charge in [-0.2, -0.15) is 0 Å². The monoisotopic (exact) mass is 163 g/mol. The minimum atomic E-state index is 0. The number of carbonyl (C=O) groups excluding carboxylic acids is 1. The Labute approximate surface area is 67.6 Å². The van der Waals surface area contributed by atoms with Gasteiger partial charge in [0.15, 0.2) is 0 Å². The third kappa shape index (κ3) is 2.27. The summed E-state index contributed by atoms with van der Waals surface area (Å²) < 4.78 is 0. The number of hydrogen-bond acceptors (Lipinski definition) is 2. The SMILES string of the molecule is Cl.NCCC(=O)C1CCC1. The second kappa shape index (κ2) is 4.69. The number of ketones is 1. The van der Waals surface area contributed by atoms with Gasteiger partial charge in [-0.15, -0.1) is 12.4 Å². The van der Waals surface area contributed by atoms with Gasteiger partial charge < -0.3 is 5.73 Å². The average molecular weight is 164 g/mol. The van der Waals surface area contributed by atoms with E-state index in [-0.39, 0.29) is 12.4 Å². The summed E-state index contributed by atoms with van der Waals surface area (Å²) in [6.45, 7) is 0.523. The molecule has 1 aliphatic rings. The molecule has 60 valence electrons. The number of Topliss-reactive ketones (excluding diaryl/α,β-unsaturated/α-hetero) is 1. The fraction of sp³-hybridized carbons (Fsp3) is 0.857. The van der Waals surface area contributed by atoms with Crippen LogP contribution in [-0.4, -0.2) is 12.3 Å². The number of rotatable bonds is 3. The van der Waals surface area contributed by atoms with Crippen molar-refractivity contribution in [3.8, 4) is 0 Å². The van der Waals surface area contributed by atoms with Crippen LogP contribution in [0.4, 0.5) is 0 Å². The van der Waals surface area contributed by atoms with Crippen LogP contribution in [-0.2, 0) is 4.79 Å². The second-order valence-corrected chi connectivity index (χ2v) is 2.63. The van der Waals surface area contributed by atoms with Gasteiger partial charge in [-0.1, -0.05) is 6.42 Å². The highest BCUT2D eigenvalue weighted by atomic mass is 35.5. The maximum Gasteiger partial charge on any atom is 0.137 e. The van der Waals surface area contributed by atoms with E-state index in [0.29, 0.717) is 24.7 Å². The number of carbonyl (C=O) groups is 1. The van der Waals surface area contributed by atoms with E-state index >= 15 is 0 Å². The van der Waals surface area contributed by atoms with Gasteiger partial charge >= 0.3 is 0 Å². The molecule has 0 aliphatic heterocycles. The highest BCUT2D eigenvalue weighted by Gasteiger charge is 2.23. The van der Waals surface area contributed by atoms with Crippen LogP contribution in [0.1, 0.15) is 25.7 Å². The first-order valence-electron chi connectivity index (χ1n) is 3.57. The van der Waals surface area contributed by atoms with E-state index in [1.807, 2.05) is 0 Å². The lowest BCUT2D eigenvalue weighted by atomic mass is 9.81. The van der Waals surface area contributed by atoms with Crippen molar-refractivity contribution in [3.05, 3.63) is 0 Å². The molecule has 1 rings (SSSR count). The first kappa shape index (κ1) is 9.92. The molecule has 0 radical (unpaired) electrons. The quantitative estimate of drug-likeness (QED) is 0.678. The van der Waals surface area contributed by atoms with Gasteiger partial charge in [0.2, 0.25) is 0 Å². The Morgan fingerprint density at radius 1 is 1.50 bits per heavy atom. The summed E-state index contributed by atoms with van der Waals surface area (Å²) in [6, 6.07) is 0. The zero-order chi connectivity index (χ0) is 6.69. The molecule has 10 heavy (non-hydrogen) atoms. The van der Waals surface area contributed by atoms with Crippen LogP contribution in [0.5, 0.6) is 0 Å². The molecule has 0 aromatic carbocycles. The smallest absolute Gasteiger partial charge is 0.137 e. The molecule has 1 aliphatic carbocycles. The number of hydrogen-bond donors (Lipinski definition) is 1. The van der Waals surface area contributed by atoms with E-state index in [2.05, 4.69) is 0 Å². The van der Waals surface area contributed by atoms with Crippen LogP contribution in [0.25, 0.3) is 0 Å². The molecular formula is C7H14ClNO. The van der Waals surface area contributed by atoms with Gasteiger partial charge in [0.25, 0.3) is 0 Å². The fourth-order valence-corrected chi connectivity index (χ4v) is 1.08. The van der Waals surface area contributed by atoms with Gasteiger partial charge in [-0.3, -0.25) is 4.79 Å². The van der Waals surface area contributed by atoms with Crippen molar-refractivity contribution in [1.82, 2.24) is 0 Å². The van der Waals surface area contributed by atoms with Crippen LogP contribution in [0.3, 0.4) is 0 Å². The first-order chi connectivity index (χ1) is 4.34. The summed E-state index contributed by atoms with van der Waals surface area (Å²) in [5.41, 5.74) is 5.23. The maximum absolute atomic E-state index is 10.9. The molecule has 0 heterocycles. The van der Waals surface area contributed by atoms with E-state index in [1.165, 1.54) is 6.42 Å². The summed E-state index contributed by atoms with van der Waals surface area (Å²) in [7, 11) is 0. The standard InChI is InChI=1S/C7H13NO.ClH/c8-5-4-7(9)6-2-1-3-6;/h6H,1-5,8H2;1H. The van der Waals surface area contributed by atoms with E-state index in [0.717, 1.165) is 12.8 Å². The third-order valence-electron chi connectivity index (χ3n) is 1.95. The Bertz CT molecular complexity index is 112. The van der Waals surface area contributed by atoms with Crippen molar-refractivity contribution in [3.63, 3.8) is 0 Å². The zero-order valence-electron chi connectivity index (χ0n) is 6.01. The lowest BCUT2D eigenvalue weighted by molar-refractivity contribution is -0.124. The summed E-state index contributed by atoms with van der Waals surface area (Å²) in [5, 5.41) is 0. The molecule has 0 unspecified atom stereocenters. The summed E-state index contributed by atoms with van der Waals surface area (Å²) in [5.74, 6) is 0.761. The molecule has 0 amide bonds. The summed E-state index contributed by atoms with van der Waals surface area (Å²) >= 11 is 0. The zero-order valence-corrected chi connectivity index (χ0v) is 6.82. The third-order valence-corrected chi connectivity index (χ3v) is 1.95. The van der Waals surface area contributed by atoms with Crippen LogP contribution in [0.2, 0.25) is 0 Å². The molecule has 0 aromatic heterocycles. The van der Waals surface area contributed by atoms with Crippen molar-refractivity contribution in [1.29, 1.82) is 0 Å². The van der Waals surface area contributed by atoms with Crippen molar-refractivity contribution in [2.75, 3.05) is 6.54 Å². The van der Waals surface area contributed by atoms with Crippen molar-refractivity contribution in [2.24, 2.45) is 11.7 Å². The van der Waals surface area contributed by atoms with Crippen molar-refractivity contribution >= 4 is 18.2 Å². The number of nitrogens with two attached hydrogens (primary N) is 1. The lowest BCUT2D eigenvalue weighted by Gasteiger charge is -2.23. The first-order valence-corrected chi connectivity index (χ1v) is 3.57. The van der Waals surface area contributed by atoms with Gasteiger partial charge in [-0.25, -0.2) is 0 Å². The Morgan fingerprint density at radius 3 is 2.40 bits per heavy atom. The highest BCUT2D eigenvalue weighted by Crippen LogP contribution is 2.27. The van der Waals surface area contributed by atoms with E-state index < -0.39 is 0 Å². The summed E-state index contributed by atoms with van der Waals surface area (Å²) in [6.07, 6.45) is 4.04. The molecule has 0 aromatic rings. The molecule has 3 heteroatoms. The van der Waals surface area contributed by atoms with E-state index in [1.54, 1.807) is 0 Å². The fourth-order valence-electron chi connectivity index (χ4n) is 1.08. The Hall–Kier alpha value is -0.0800. The molecule has 0 atom stereocenters. The second-order valence-electron chi connectivity index (χ2n) is 2.63. The minimum Gasteiger partial charge on any atom is -0.330 e. The minimum absolute atomic E-state index is 0. The Morgan fingerprint density at radius 2 is 2.10 bits per heavy atom. The molecule has 0 bridgehead atoms. The van der Waals surface area contributed by atoms with E-state index in [4.69, 9.17) is 5.73 Å². The molecular weight excluding hydrogens is 150 g/mol. The largest absolute Gasteiger partial charge is 0.330 e. The van der Waals surface area contributed by atoms with Crippen molar-refractivity contribution in [2.45, 2.75) is 25.7 Å². The van der Waals surface area contributed by atoms with Crippen LogP contribution < -0.4 is 5.73 Å². The topological polar surface area (TPSA) is 43.1 Å². The molecule has 1 saturated carbocycles. The maximum atomic E-state index is 10.9. The predicted molar refractivity (Wildman–Crippen MR) is 43.3 cm³/mol. The molecule has 0 saturated heterocycles. The van der Waals surface area contributed by atoms with Gasteiger partial charge in [0, 0.05) is 12.3 Å². The van der Waals surface area contributed by atoms with Crippen LogP contribution >= 0.6 is 12.4 Å². The van der Waals surface area contributed by atoms with Crippen LogP contribution in [0, 0.1) is 5.92 Å². The van der Waals surface area contributed by atoms with E-state index in [9.17, 15) is 4.79 Å². The molecule has 0 spiro atoms. The highest BCUT2D eigenvalue weighted by molar-refractivity contribution is 5.85. The van der Waals surface area contributed by atoms with Gasteiger partial charge in [-0.05, 0) is 19.4 Å². The molecule has 1 fully saturated rings. The van der Waals surface area contributed by atoms with Crippen molar-refractivity contribution < 1.29 is 4.79 Å². The van der Waals surface area contributed by atoms with Gasteiger partial charge in [0.05, 0.1) is 0 Å². The Balaban J connectivity index is 0.000000810. The molecule has 2 N–H and O–H groups in total. The average Bonchev–Trinajstić information content (AvgIpc) is 1.60. The van der Waals surface area contributed by atoms with Gasteiger partial charge in [0.1, 0.15) is 5.78 Å². The molecule has 2 nitrogen and oxygen atoms in total. The lowest BCUT2D eigenvalue weighted by Crippen LogP contribution is -2.23.